The van der Waals surface area contributed by atoms with Gasteiger partial charge in [0.15, 0.2) is 0 Å². The first kappa shape index (κ1) is 10.8. The van der Waals surface area contributed by atoms with Crippen molar-refractivity contribution in [2.45, 2.75) is 5.75 Å². The zero-order chi connectivity index (χ0) is 10.2. The highest BCUT2D eigenvalue weighted by Crippen LogP contribution is 2.13. The van der Waals surface area contributed by atoms with Crippen molar-refractivity contribution in [3.05, 3.63) is 35.4 Å². The molecule has 0 aliphatic carbocycles. The second-order valence-corrected chi connectivity index (χ2v) is 3.92. The van der Waals surface area contributed by atoms with Crippen molar-refractivity contribution in [1.29, 1.82) is 5.26 Å². The van der Waals surface area contributed by atoms with Crippen LogP contribution in [0, 0.1) is 11.3 Å². The second kappa shape index (κ2) is 6.22. The van der Waals surface area contributed by atoms with Gasteiger partial charge >= 0.3 is 0 Å². The molecule has 0 radical (unpaired) electrons. The first-order valence-corrected chi connectivity index (χ1v) is 5.51. The Morgan fingerprint density at radius 3 is 3.07 bits per heavy atom. The molecular formula is C11H12N2S. The first-order valence-electron chi connectivity index (χ1n) is 4.36. The molecule has 0 fully saturated rings. The van der Waals surface area contributed by atoms with Gasteiger partial charge in [-0.1, -0.05) is 12.1 Å². The van der Waals surface area contributed by atoms with Crippen LogP contribution >= 0.6 is 11.8 Å². The average molecular weight is 204 g/mol. The SMILES string of the molecule is C=NCCSCc1cccc(C#N)c1. The van der Waals surface area contributed by atoms with Crippen molar-refractivity contribution in [2.24, 2.45) is 4.99 Å². The molecule has 1 aromatic rings. The lowest BCUT2D eigenvalue weighted by atomic mass is 10.2. The summed E-state index contributed by atoms with van der Waals surface area (Å²) in [5, 5.41) is 8.69. The molecule has 0 atom stereocenters. The van der Waals surface area contributed by atoms with Crippen LogP contribution in [0.4, 0.5) is 0 Å². The zero-order valence-electron chi connectivity index (χ0n) is 7.94. The van der Waals surface area contributed by atoms with Gasteiger partial charge in [0.25, 0.3) is 0 Å². The number of nitrogens with zero attached hydrogens (tertiary/aromatic N) is 2. The summed E-state index contributed by atoms with van der Waals surface area (Å²) in [6.45, 7) is 4.22. The van der Waals surface area contributed by atoms with Gasteiger partial charge in [0.05, 0.1) is 11.6 Å². The highest BCUT2D eigenvalue weighted by atomic mass is 32.2. The summed E-state index contributed by atoms with van der Waals surface area (Å²) >= 11 is 1.81. The predicted molar refractivity (Wildman–Crippen MR) is 61.7 cm³/mol. The molecule has 14 heavy (non-hydrogen) atoms. The molecule has 1 aromatic carbocycles. The third-order valence-electron chi connectivity index (χ3n) is 1.72. The maximum Gasteiger partial charge on any atom is 0.0991 e. The Kier molecular flexibility index (Phi) is 4.81. The molecule has 0 aliphatic heterocycles. The highest BCUT2D eigenvalue weighted by Gasteiger charge is 1.95. The lowest BCUT2D eigenvalue weighted by Gasteiger charge is -2.00. The fourth-order valence-electron chi connectivity index (χ4n) is 1.05. The van der Waals surface area contributed by atoms with E-state index in [-0.39, 0.29) is 0 Å². The van der Waals surface area contributed by atoms with E-state index in [0.717, 1.165) is 23.6 Å². The fraction of sp³-hybridized carbons (Fsp3) is 0.273. The summed E-state index contributed by atoms with van der Waals surface area (Å²) < 4.78 is 0. The smallest absolute Gasteiger partial charge is 0.0991 e. The van der Waals surface area contributed by atoms with Crippen LogP contribution in [0.3, 0.4) is 0 Å². The van der Waals surface area contributed by atoms with E-state index in [0.29, 0.717) is 0 Å². The van der Waals surface area contributed by atoms with Gasteiger partial charge in [-0.05, 0) is 24.4 Å². The summed E-state index contributed by atoms with van der Waals surface area (Å²) in [6.07, 6.45) is 0. The lowest BCUT2D eigenvalue weighted by molar-refractivity contribution is 1.16. The van der Waals surface area contributed by atoms with Crippen LogP contribution in [0.5, 0.6) is 0 Å². The summed E-state index contributed by atoms with van der Waals surface area (Å²) in [6, 6.07) is 9.83. The molecule has 0 saturated carbocycles. The first-order chi connectivity index (χ1) is 6.86. The molecule has 0 aromatic heterocycles. The summed E-state index contributed by atoms with van der Waals surface area (Å²) in [5.74, 6) is 1.92. The van der Waals surface area contributed by atoms with Crippen LogP contribution in [-0.4, -0.2) is 19.0 Å². The molecule has 0 unspecified atom stereocenters. The number of nitriles is 1. The molecule has 0 heterocycles. The Morgan fingerprint density at radius 1 is 1.50 bits per heavy atom. The van der Waals surface area contributed by atoms with Gasteiger partial charge in [-0.2, -0.15) is 17.0 Å². The van der Waals surface area contributed by atoms with Crippen LogP contribution in [0.15, 0.2) is 29.3 Å². The minimum Gasteiger partial charge on any atom is -0.300 e. The van der Waals surface area contributed by atoms with Gasteiger partial charge in [-0.3, -0.25) is 0 Å². The Labute approximate surface area is 88.7 Å². The van der Waals surface area contributed by atoms with E-state index in [4.69, 9.17) is 5.26 Å². The minimum atomic E-state index is 0.727. The van der Waals surface area contributed by atoms with Crippen LogP contribution in [-0.2, 0) is 5.75 Å². The maximum absolute atomic E-state index is 8.69. The second-order valence-electron chi connectivity index (χ2n) is 2.81. The van der Waals surface area contributed by atoms with E-state index in [2.05, 4.69) is 17.8 Å². The highest BCUT2D eigenvalue weighted by molar-refractivity contribution is 7.98. The topological polar surface area (TPSA) is 36.1 Å². The van der Waals surface area contributed by atoms with Crippen molar-refractivity contribution < 1.29 is 0 Å². The lowest BCUT2D eigenvalue weighted by Crippen LogP contribution is -1.87. The third kappa shape index (κ3) is 3.63. The Hall–Kier alpha value is -1.27. The summed E-state index contributed by atoms with van der Waals surface area (Å²) in [4.78, 5) is 3.78. The van der Waals surface area contributed by atoms with E-state index in [9.17, 15) is 0 Å². The zero-order valence-corrected chi connectivity index (χ0v) is 8.76. The van der Waals surface area contributed by atoms with Gasteiger partial charge in [0.1, 0.15) is 0 Å². The largest absolute Gasteiger partial charge is 0.300 e. The Morgan fingerprint density at radius 2 is 2.36 bits per heavy atom. The van der Waals surface area contributed by atoms with E-state index in [1.807, 2.05) is 24.3 Å². The molecule has 0 saturated heterocycles. The number of aliphatic imine (C=N–C) groups is 1. The van der Waals surface area contributed by atoms with E-state index >= 15 is 0 Å². The van der Waals surface area contributed by atoms with Crippen molar-refractivity contribution >= 4 is 18.5 Å². The summed E-state index contributed by atoms with van der Waals surface area (Å²) in [7, 11) is 0. The number of thioether (sulfide) groups is 1. The van der Waals surface area contributed by atoms with E-state index < -0.39 is 0 Å². The average Bonchev–Trinajstić information content (AvgIpc) is 2.25. The predicted octanol–water partition coefficient (Wildman–Crippen LogP) is 2.49. The van der Waals surface area contributed by atoms with Gasteiger partial charge in [-0.25, -0.2) is 0 Å². The molecule has 72 valence electrons. The number of hydrogen-bond acceptors (Lipinski definition) is 3. The van der Waals surface area contributed by atoms with Crippen LogP contribution < -0.4 is 0 Å². The van der Waals surface area contributed by atoms with E-state index in [1.165, 1.54) is 5.56 Å². The summed E-state index contributed by atoms with van der Waals surface area (Å²) in [5.41, 5.74) is 1.92. The van der Waals surface area contributed by atoms with Crippen molar-refractivity contribution in [1.82, 2.24) is 0 Å². The van der Waals surface area contributed by atoms with Crippen LogP contribution in [0.1, 0.15) is 11.1 Å². The Balaban J connectivity index is 2.43. The van der Waals surface area contributed by atoms with Crippen molar-refractivity contribution in [3.63, 3.8) is 0 Å². The van der Waals surface area contributed by atoms with Gasteiger partial charge in [-0.15, -0.1) is 0 Å². The number of benzene rings is 1. The van der Waals surface area contributed by atoms with Crippen molar-refractivity contribution in [2.75, 3.05) is 12.3 Å². The van der Waals surface area contributed by atoms with E-state index in [1.54, 1.807) is 11.8 Å². The molecular weight excluding hydrogens is 192 g/mol. The minimum absolute atomic E-state index is 0.727. The maximum atomic E-state index is 8.69. The fourth-order valence-corrected chi connectivity index (χ4v) is 1.87. The van der Waals surface area contributed by atoms with Crippen LogP contribution in [0.2, 0.25) is 0 Å². The Bertz CT molecular complexity index is 341. The molecule has 2 nitrogen and oxygen atoms in total. The molecule has 0 bridgehead atoms. The van der Waals surface area contributed by atoms with Gasteiger partial charge in [0, 0.05) is 18.1 Å². The van der Waals surface area contributed by atoms with Crippen LogP contribution in [0.25, 0.3) is 0 Å². The van der Waals surface area contributed by atoms with Crippen molar-refractivity contribution in [3.8, 4) is 6.07 Å². The third-order valence-corrected chi connectivity index (χ3v) is 2.73. The number of hydrogen-bond donors (Lipinski definition) is 0. The quantitative estimate of drug-likeness (QED) is 0.545. The molecule has 0 N–H and O–H groups in total. The molecule has 0 spiro atoms. The molecule has 3 heteroatoms. The molecule has 1 rings (SSSR count). The molecule has 0 aliphatic rings. The normalized spacial score (nSPS) is 9.36. The van der Waals surface area contributed by atoms with Gasteiger partial charge in [0.2, 0.25) is 0 Å². The standard InChI is InChI=1S/C11H12N2S/c1-13-5-6-14-9-11-4-2-3-10(7-11)8-12/h2-4,7H,1,5-6,9H2. The molecule has 0 amide bonds. The van der Waals surface area contributed by atoms with Gasteiger partial charge < -0.3 is 4.99 Å². The number of rotatable bonds is 5. The monoisotopic (exact) mass is 204 g/mol.